The molecule has 1 aromatic carbocycles. The van der Waals surface area contributed by atoms with Crippen LogP contribution in [0.5, 0.6) is 0 Å². The van der Waals surface area contributed by atoms with Crippen molar-refractivity contribution in [2.24, 2.45) is 0 Å². The second-order valence-electron chi connectivity index (χ2n) is 5.76. The Bertz CT molecular complexity index is 485. The molecule has 22 heavy (non-hydrogen) atoms. The second-order valence-corrected chi connectivity index (χ2v) is 5.76. The van der Waals surface area contributed by atoms with Crippen LogP contribution in [0.25, 0.3) is 0 Å². The molecule has 1 N–H and O–H groups in total. The van der Waals surface area contributed by atoms with Gasteiger partial charge in [-0.15, -0.1) is 0 Å². The SMILES string of the molecule is CCCCN(C)CC(=O)N(C)CC(=O)Nc1ccc(C)cc1. The van der Waals surface area contributed by atoms with E-state index in [4.69, 9.17) is 0 Å². The third-order valence-corrected chi connectivity index (χ3v) is 3.44. The van der Waals surface area contributed by atoms with Gasteiger partial charge in [0.2, 0.25) is 11.8 Å². The maximum atomic E-state index is 12.1. The second kappa shape index (κ2) is 9.20. The summed E-state index contributed by atoms with van der Waals surface area (Å²) in [4.78, 5) is 27.5. The Morgan fingerprint density at radius 2 is 1.73 bits per heavy atom. The molecule has 0 bridgehead atoms. The first-order valence-electron chi connectivity index (χ1n) is 7.71. The van der Waals surface area contributed by atoms with Crippen molar-refractivity contribution >= 4 is 17.5 Å². The van der Waals surface area contributed by atoms with Gasteiger partial charge in [-0.1, -0.05) is 31.0 Å². The van der Waals surface area contributed by atoms with Gasteiger partial charge in [-0.2, -0.15) is 0 Å². The van der Waals surface area contributed by atoms with E-state index in [0.29, 0.717) is 6.54 Å². The Kier molecular flexibility index (Phi) is 7.60. The van der Waals surface area contributed by atoms with Gasteiger partial charge in [-0.25, -0.2) is 0 Å². The van der Waals surface area contributed by atoms with Crippen LogP contribution in [0.2, 0.25) is 0 Å². The summed E-state index contributed by atoms with van der Waals surface area (Å²) in [6, 6.07) is 7.58. The highest BCUT2D eigenvalue weighted by atomic mass is 16.2. The number of hydrogen-bond donors (Lipinski definition) is 1. The summed E-state index contributed by atoms with van der Waals surface area (Å²) >= 11 is 0. The summed E-state index contributed by atoms with van der Waals surface area (Å²) < 4.78 is 0. The van der Waals surface area contributed by atoms with Crippen molar-refractivity contribution in [2.75, 3.05) is 39.0 Å². The molecule has 2 amide bonds. The van der Waals surface area contributed by atoms with E-state index in [0.717, 1.165) is 30.6 Å². The molecule has 0 radical (unpaired) electrons. The van der Waals surface area contributed by atoms with E-state index in [2.05, 4.69) is 12.2 Å². The largest absolute Gasteiger partial charge is 0.335 e. The first kappa shape index (κ1) is 18.2. The molecule has 122 valence electrons. The van der Waals surface area contributed by atoms with E-state index in [9.17, 15) is 9.59 Å². The third-order valence-electron chi connectivity index (χ3n) is 3.44. The normalized spacial score (nSPS) is 10.6. The number of nitrogens with one attached hydrogen (secondary N) is 1. The quantitative estimate of drug-likeness (QED) is 0.800. The van der Waals surface area contributed by atoms with Crippen molar-refractivity contribution < 1.29 is 9.59 Å². The lowest BCUT2D eigenvalue weighted by atomic mass is 10.2. The average molecular weight is 305 g/mol. The van der Waals surface area contributed by atoms with Crippen LogP contribution in [0.3, 0.4) is 0 Å². The Balaban J connectivity index is 2.39. The summed E-state index contributed by atoms with van der Waals surface area (Å²) in [6.45, 7) is 5.42. The highest BCUT2D eigenvalue weighted by Gasteiger charge is 2.14. The molecule has 0 aliphatic heterocycles. The van der Waals surface area contributed by atoms with Crippen LogP contribution in [0.1, 0.15) is 25.3 Å². The van der Waals surface area contributed by atoms with Crippen LogP contribution < -0.4 is 5.32 Å². The van der Waals surface area contributed by atoms with E-state index in [1.807, 2.05) is 43.1 Å². The van der Waals surface area contributed by atoms with Gasteiger partial charge in [0, 0.05) is 12.7 Å². The molecular weight excluding hydrogens is 278 g/mol. The van der Waals surface area contributed by atoms with Crippen molar-refractivity contribution in [2.45, 2.75) is 26.7 Å². The lowest BCUT2D eigenvalue weighted by molar-refractivity contribution is -0.134. The fourth-order valence-electron chi connectivity index (χ4n) is 2.00. The number of likely N-dealkylation sites (N-methyl/N-ethyl adjacent to an activating group) is 2. The Morgan fingerprint density at radius 3 is 2.32 bits per heavy atom. The molecular formula is C17H27N3O2. The lowest BCUT2D eigenvalue weighted by Gasteiger charge is -2.21. The monoisotopic (exact) mass is 305 g/mol. The van der Waals surface area contributed by atoms with Crippen molar-refractivity contribution in [3.05, 3.63) is 29.8 Å². The Labute approximate surface area is 133 Å². The minimum Gasteiger partial charge on any atom is -0.335 e. The maximum Gasteiger partial charge on any atom is 0.243 e. The summed E-state index contributed by atoms with van der Waals surface area (Å²) in [5.41, 5.74) is 1.89. The van der Waals surface area contributed by atoms with Gasteiger partial charge in [0.05, 0.1) is 13.1 Å². The lowest BCUT2D eigenvalue weighted by Crippen LogP contribution is -2.40. The van der Waals surface area contributed by atoms with Crippen LogP contribution in [-0.2, 0) is 9.59 Å². The van der Waals surface area contributed by atoms with Gasteiger partial charge >= 0.3 is 0 Å². The molecule has 0 saturated carbocycles. The number of anilines is 1. The van der Waals surface area contributed by atoms with Crippen molar-refractivity contribution in [1.82, 2.24) is 9.80 Å². The summed E-state index contributed by atoms with van der Waals surface area (Å²) in [5, 5.41) is 2.80. The van der Waals surface area contributed by atoms with Crippen LogP contribution >= 0.6 is 0 Å². The molecule has 5 nitrogen and oxygen atoms in total. The molecule has 0 aliphatic carbocycles. The topological polar surface area (TPSA) is 52.7 Å². The van der Waals surface area contributed by atoms with E-state index in [-0.39, 0.29) is 18.4 Å². The third kappa shape index (κ3) is 6.72. The number of unbranched alkanes of at least 4 members (excludes halogenated alkanes) is 1. The maximum absolute atomic E-state index is 12.1. The summed E-state index contributed by atoms with van der Waals surface area (Å²) in [5.74, 6) is -0.228. The number of nitrogens with zero attached hydrogens (tertiary/aromatic N) is 2. The first-order chi connectivity index (χ1) is 10.4. The minimum absolute atomic E-state index is 0.0438. The van der Waals surface area contributed by atoms with Gasteiger partial charge in [0.25, 0.3) is 0 Å². The molecule has 0 spiro atoms. The molecule has 0 aromatic heterocycles. The number of benzene rings is 1. The van der Waals surface area contributed by atoms with Gasteiger partial charge in [-0.3, -0.25) is 14.5 Å². The Morgan fingerprint density at radius 1 is 1.09 bits per heavy atom. The van der Waals surface area contributed by atoms with Crippen LogP contribution in [-0.4, -0.2) is 55.3 Å². The number of aryl methyl sites for hydroxylation is 1. The van der Waals surface area contributed by atoms with Crippen molar-refractivity contribution in [3.8, 4) is 0 Å². The summed E-state index contributed by atoms with van der Waals surface area (Å²) in [6.07, 6.45) is 2.18. The molecule has 0 aliphatic rings. The Hall–Kier alpha value is -1.88. The van der Waals surface area contributed by atoms with Gasteiger partial charge in [-0.05, 0) is 39.1 Å². The minimum atomic E-state index is -0.184. The van der Waals surface area contributed by atoms with E-state index < -0.39 is 0 Å². The van der Waals surface area contributed by atoms with E-state index in [1.54, 1.807) is 7.05 Å². The van der Waals surface area contributed by atoms with Crippen molar-refractivity contribution in [1.29, 1.82) is 0 Å². The predicted octanol–water partition coefficient (Wildman–Crippen LogP) is 2.12. The molecule has 0 atom stereocenters. The van der Waals surface area contributed by atoms with Gasteiger partial charge in [0.1, 0.15) is 0 Å². The number of carbonyl (C=O) groups excluding carboxylic acids is 2. The number of amides is 2. The number of rotatable bonds is 8. The van der Waals surface area contributed by atoms with E-state index in [1.165, 1.54) is 4.90 Å². The zero-order valence-electron chi connectivity index (χ0n) is 14.1. The average Bonchev–Trinajstić information content (AvgIpc) is 2.47. The van der Waals surface area contributed by atoms with Crippen LogP contribution in [0.15, 0.2) is 24.3 Å². The summed E-state index contributed by atoms with van der Waals surface area (Å²) in [7, 11) is 3.58. The molecule has 0 unspecified atom stereocenters. The van der Waals surface area contributed by atoms with Gasteiger partial charge < -0.3 is 10.2 Å². The highest BCUT2D eigenvalue weighted by Crippen LogP contribution is 2.08. The van der Waals surface area contributed by atoms with Crippen LogP contribution in [0.4, 0.5) is 5.69 Å². The number of carbonyl (C=O) groups is 2. The fourth-order valence-corrected chi connectivity index (χ4v) is 2.00. The van der Waals surface area contributed by atoms with Gasteiger partial charge in [0.15, 0.2) is 0 Å². The van der Waals surface area contributed by atoms with Crippen molar-refractivity contribution in [3.63, 3.8) is 0 Å². The molecule has 0 fully saturated rings. The first-order valence-corrected chi connectivity index (χ1v) is 7.71. The zero-order chi connectivity index (χ0) is 16.5. The fraction of sp³-hybridized carbons (Fsp3) is 0.529. The molecule has 5 heteroatoms. The molecule has 1 rings (SSSR count). The van der Waals surface area contributed by atoms with Crippen LogP contribution in [0, 0.1) is 6.92 Å². The predicted molar refractivity (Wildman–Crippen MR) is 89.9 cm³/mol. The molecule has 1 aromatic rings. The molecule has 0 heterocycles. The zero-order valence-corrected chi connectivity index (χ0v) is 14.1. The van der Waals surface area contributed by atoms with E-state index >= 15 is 0 Å². The number of hydrogen-bond acceptors (Lipinski definition) is 3. The molecule has 0 saturated heterocycles. The smallest absolute Gasteiger partial charge is 0.243 e. The highest BCUT2D eigenvalue weighted by molar-refractivity contribution is 5.94. The standard InChI is InChI=1S/C17H27N3O2/c1-5-6-11-19(3)13-17(22)20(4)12-16(21)18-15-9-7-14(2)8-10-15/h7-10H,5-6,11-13H2,1-4H3,(H,18,21).